The van der Waals surface area contributed by atoms with Crippen LogP contribution >= 0.6 is 0 Å². The van der Waals surface area contributed by atoms with Crippen molar-refractivity contribution in [2.24, 2.45) is 0 Å². The van der Waals surface area contributed by atoms with Crippen molar-refractivity contribution in [2.75, 3.05) is 31.6 Å². The Bertz CT molecular complexity index is 1380. The molecule has 2 fully saturated rings. The number of aliphatic hydroxyl groups is 6. The van der Waals surface area contributed by atoms with Gasteiger partial charge in [0.1, 0.15) is 11.9 Å². The van der Waals surface area contributed by atoms with E-state index in [1.165, 1.54) is 23.1 Å². The molecule has 0 radical (unpaired) electrons. The predicted octanol–water partition coefficient (Wildman–Crippen LogP) is -2.18. The molecule has 15 heteroatoms. The molecule has 0 aliphatic carbocycles. The molecule has 1 atom stereocenters. The number of ether oxygens (including phenoxy) is 1. The fourth-order valence-corrected chi connectivity index (χ4v) is 5.19. The maximum absolute atomic E-state index is 15.2. The van der Waals surface area contributed by atoms with E-state index in [0.717, 1.165) is 12.1 Å². The number of anilines is 1. The molecule has 2 saturated heterocycles. The van der Waals surface area contributed by atoms with E-state index in [2.05, 4.69) is 5.32 Å². The summed E-state index contributed by atoms with van der Waals surface area (Å²) in [6.07, 6.45) is -0.336. The summed E-state index contributed by atoms with van der Waals surface area (Å²) in [5, 5.41) is 69.0. The first-order valence-corrected chi connectivity index (χ1v) is 12.3. The number of carbonyl (C=O) groups is 3. The molecule has 214 valence electrons. The van der Waals surface area contributed by atoms with Crippen LogP contribution in [0.1, 0.15) is 39.9 Å². The van der Waals surface area contributed by atoms with Crippen LogP contribution in [0, 0.1) is 5.82 Å². The Hall–Kier alpha value is -3.54. The molecule has 0 aromatic heterocycles. The van der Waals surface area contributed by atoms with Gasteiger partial charge in [-0.3, -0.25) is 24.6 Å². The Balaban J connectivity index is 1.44. The Morgan fingerprint density at radius 2 is 1.75 bits per heavy atom. The summed E-state index contributed by atoms with van der Waals surface area (Å²) in [6, 6.07) is 4.93. The minimum Gasteiger partial charge on any atom is -0.379 e. The number of halogens is 1. The first kappa shape index (κ1) is 28.0. The van der Waals surface area contributed by atoms with Gasteiger partial charge in [-0.25, -0.2) is 9.29 Å². The summed E-state index contributed by atoms with van der Waals surface area (Å²) in [4.78, 5) is 38.7. The van der Waals surface area contributed by atoms with E-state index in [-0.39, 0.29) is 50.3 Å². The van der Waals surface area contributed by atoms with Crippen LogP contribution in [0.4, 0.5) is 10.1 Å². The van der Waals surface area contributed by atoms with Gasteiger partial charge in [-0.15, -0.1) is 0 Å². The molecular weight excluding hydrogens is 535 g/mol. The van der Waals surface area contributed by atoms with E-state index >= 15 is 4.39 Å². The highest BCUT2D eigenvalue weighted by molar-refractivity contribution is 6.06. The maximum Gasteiger partial charge on any atom is 0.281 e. The highest BCUT2D eigenvalue weighted by Gasteiger charge is 2.55. The lowest BCUT2D eigenvalue weighted by molar-refractivity contribution is -0.287. The zero-order chi connectivity index (χ0) is 29.0. The average molecular weight is 563 g/mol. The maximum atomic E-state index is 15.2. The third-order valence-electron chi connectivity index (χ3n) is 7.20. The number of morpholine rings is 1. The van der Waals surface area contributed by atoms with Crippen LogP contribution in [0.2, 0.25) is 0 Å². The van der Waals surface area contributed by atoms with Gasteiger partial charge in [0.15, 0.2) is 0 Å². The van der Waals surface area contributed by atoms with Crippen LogP contribution < -0.4 is 10.6 Å². The van der Waals surface area contributed by atoms with Gasteiger partial charge in [-0.1, -0.05) is 12.1 Å². The van der Waals surface area contributed by atoms with Gasteiger partial charge in [0.25, 0.3) is 23.6 Å². The zero-order valence-electron chi connectivity index (χ0n) is 20.9. The minimum atomic E-state index is -3.20. The number of amides is 3. The molecule has 8 N–H and O–H groups in total. The van der Waals surface area contributed by atoms with E-state index in [1.807, 2.05) is 5.32 Å². The molecule has 2 aromatic rings. The number of hydrogen-bond donors (Lipinski definition) is 8. The van der Waals surface area contributed by atoms with Crippen LogP contribution in [-0.2, 0) is 32.1 Å². The van der Waals surface area contributed by atoms with Crippen LogP contribution in [0.3, 0.4) is 0 Å². The molecule has 5 rings (SSSR count). The Labute approximate surface area is 225 Å². The lowest BCUT2D eigenvalue weighted by Crippen LogP contribution is -2.58. The van der Waals surface area contributed by atoms with E-state index in [4.69, 9.17) is 4.74 Å². The van der Waals surface area contributed by atoms with Crippen LogP contribution in [0.5, 0.6) is 0 Å². The van der Waals surface area contributed by atoms with Crippen LogP contribution in [0.25, 0.3) is 0 Å². The third kappa shape index (κ3) is 4.61. The number of nitrogens with one attached hydrogen (secondary N) is 2. The number of fused-ring (bicyclic) bond motifs is 1. The zero-order valence-corrected chi connectivity index (χ0v) is 20.9. The average Bonchev–Trinajstić information content (AvgIpc) is 3.10. The Morgan fingerprint density at radius 1 is 1.05 bits per heavy atom. The molecule has 3 heterocycles. The summed E-state index contributed by atoms with van der Waals surface area (Å²) in [5.41, 5.74) is -2.28. The number of carbonyl (C=O) groups excluding carboxylic acids is 3. The van der Waals surface area contributed by atoms with Crippen LogP contribution in [0.15, 0.2) is 36.4 Å². The van der Waals surface area contributed by atoms with Crippen molar-refractivity contribution in [3.05, 3.63) is 64.5 Å². The molecule has 3 aliphatic heterocycles. The number of hydrogen-bond acceptors (Lipinski definition) is 12. The second kappa shape index (κ2) is 9.83. The standard InChI is InChI=1S/C25H27FN4O10/c26-16-12-13(24(36,37)29-8-10-40-11-9-29)4-5-15(16)23(34,35)28-17-3-1-2-14-20(17)25(38,39)30(22(14)33)18-6-7-19(31)27-21(18)32/h1-5,12,18,28,34-39H,6-11H2,(H,27,31,32). The molecule has 40 heavy (non-hydrogen) atoms. The molecule has 0 bridgehead atoms. The quantitative estimate of drug-likeness (QED) is 0.139. The van der Waals surface area contributed by atoms with E-state index in [1.54, 1.807) is 0 Å². The number of imide groups is 1. The van der Waals surface area contributed by atoms with Gasteiger partial charge < -0.3 is 40.7 Å². The van der Waals surface area contributed by atoms with Gasteiger partial charge >= 0.3 is 0 Å². The van der Waals surface area contributed by atoms with Crippen molar-refractivity contribution >= 4 is 23.4 Å². The second-order valence-corrected chi connectivity index (χ2v) is 9.73. The van der Waals surface area contributed by atoms with E-state index in [0.29, 0.717) is 11.0 Å². The third-order valence-corrected chi connectivity index (χ3v) is 7.20. The van der Waals surface area contributed by atoms with Crippen molar-refractivity contribution in [1.29, 1.82) is 0 Å². The van der Waals surface area contributed by atoms with Crippen LogP contribution in [-0.4, -0.2) is 90.5 Å². The monoisotopic (exact) mass is 562 g/mol. The van der Waals surface area contributed by atoms with Gasteiger partial charge in [-0.2, -0.15) is 0 Å². The largest absolute Gasteiger partial charge is 0.379 e. The van der Waals surface area contributed by atoms with Gasteiger partial charge in [0.2, 0.25) is 11.8 Å². The van der Waals surface area contributed by atoms with E-state index in [9.17, 15) is 45.0 Å². The number of benzene rings is 2. The lowest BCUT2D eigenvalue weighted by Gasteiger charge is -2.38. The smallest absolute Gasteiger partial charge is 0.281 e. The molecule has 3 amide bonds. The minimum absolute atomic E-state index is 0.152. The highest BCUT2D eigenvalue weighted by atomic mass is 19.1. The Morgan fingerprint density at radius 3 is 2.40 bits per heavy atom. The second-order valence-electron chi connectivity index (χ2n) is 9.73. The molecule has 2 aromatic carbocycles. The summed E-state index contributed by atoms with van der Waals surface area (Å²) in [7, 11) is 0. The van der Waals surface area contributed by atoms with Crippen molar-refractivity contribution < 1.29 is 54.2 Å². The summed E-state index contributed by atoms with van der Waals surface area (Å²) >= 11 is 0. The fraction of sp³-hybridized carbons (Fsp3) is 0.400. The fourth-order valence-electron chi connectivity index (χ4n) is 5.19. The van der Waals surface area contributed by atoms with Gasteiger partial charge in [-0.05, 0) is 30.7 Å². The topological polar surface area (TPSA) is 212 Å². The normalized spacial score (nSPS) is 21.8. The predicted molar refractivity (Wildman–Crippen MR) is 130 cm³/mol. The first-order valence-electron chi connectivity index (χ1n) is 12.3. The number of nitrogens with zero attached hydrogens (tertiary/aromatic N) is 2. The molecule has 14 nitrogen and oxygen atoms in total. The number of rotatable bonds is 6. The summed E-state index contributed by atoms with van der Waals surface area (Å²) in [5.74, 6) is -12.6. The molecule has 0 spiro atoms. The number of piperidine rings is 1. The molecule has 3 aliphatic rings. The van der Waals surface area contributed by atoms with Crippen molar-refractivity contribution in [2.45, 2.75) is 36.6 Å². The van der Waals surface area contributed by atoms with Crippen molar-refractivity contribution in [1.82, 2.24) is 15.1 Å². The molecular formula is C25H27FN4O10. The summed E-state index contributed by atoms with van der Waals surface area (Å²) in [6.45, 7) is 0.761. The lowest BCUT2D eigenvalue weighted by atomic mass is 10.0. The Kier molecular flexibility index (Phi) is 6.88. The molecule has 1 unspecified atom stereocenters. The molecule has 0 saturated carbocycles. The van der Waals surface area contributed by atoms with Gasteiger partial charge in [0, 0.05) is 30.8 Å². The van der Waals surface area contributed by atoms with E-state index < -0.39 is 64.1 Å². The first-order chi connectivity index (χ1) is 18.7. The highest BCUT2D eigenvalue weighted by Crippen LogP contribution is 2.43. The summed E-state index contributed by atoms with van der Waals surface area (Å²) < 4.78 is 20.3. The van der Waals surface area contributed by atoms with Crippen molar-refractivity contribution in [3.63, 3.8) is 0 Å². The van der Waals surface area contributed by atoms with Gasteiger partial charge in [0.05, 0.1) is 29.9 Å². The SMILES string of the molecule is O=C1CCC(N2C(=O)c3cccc(NC(O)(O)c4ccc(C(O)(O)N5CCOCC5)cc4F)c3C2(O)O)C(=O)N1. The van der Waals surface area contributed by atoms with Crippen molar-refractivity contribution in [3.8, 4) is 0 Å².